The van der Waals surface area contributed by atoms with Gasteiger partial charge in [-0.05, 0) is 12.3 Å². The summed E-state index contributed by atoms with van der Waals surface area (Å²) in [4.78, 5) is 10.6. The van der Waals surface area contributed by atoms with Gasteiger partial charge in [0.1, 0.15) is 0 Å². The molecule has 0 aliphatic heterocycles. The van der Waals surface area contributed by atoms with Crippen LogP contribution in [0.2, 0.25) is 0 Å². The molecule has 0 aliphatic carbocycles. The van der Waals surface area contributed by atoms with Crippen LogP contribution in [0.4, 0.5) is 0 Å². The summed E-state index contributed by atoms with van der Waals surface area (Å²) in [7, 11) is 1.37. The Balaban J connectivity index is 3.37. The van der Waals surface area contributed by atoms with Gasteiger partial charge in [0.15, 0.2) is 0 Å². The summed E-state index contributed by atoms with van der Waals surface area (Å²) >= 11 is 0. The molecule has 0 aromatic carbocycles. The van der Waals surface area contributed by atoms with Crippen molar-refractivity contribution in [2.24, 2.45) is 5.92 Å². The van der Waals surface area contributed by atoms with Gasteiger partial charge in [-0.1, -0.05) is 6.92 Å². The molecule has 10 heavy (non-hydrogen) atoms. The van der Waals surface area contributed by atoms with Crippen molar-refractivity contribution >= 4 is 5.97 Å². The molecule has 0 rings (SSSR count). The predicted molar refractivity (Wildman–Crippen MR) is 37.5 cm³/mol. The zero-order valence-corrected chi connectivity index (χ0v) is 6.46. The first-order valence-electron chi connectivity index (χ1n) is 3.38. The van der Waals surface area contributed by atoms with Crippen molar-refractivity contribution in [3.05, 3.63) is 0 Å². The fourth-order valence-electron chi connectivity index (χ4n) is 0.690. The minimum Gasteiger partial charge on any atom is -0.469 e. The van der Waals surface area contributed by atoms with E-state index in [-0.39, 0.29) is 18.5 Å². The Morgan fingerprint density at radius 2 is 2.30 bits per heavy atom. The number of hydrogen-bond acceptors (Lipinski definition) is 3. The highest BCUT2D eigenvalue weighted by Gasteiger charge is 2.07. The van der Waals surface area contributed by atoms with Gasteiger partial charge in [-0.3, -0.25) is 4.79 Å². The molecule has 3 heteroatoms. The van der Waals surface area contributed by atoms with E-state index in [0.29, 0.717) is 12.8 Å². The van der Waals surface area contributed by atoms with Gasteiger partial charge in [0.25, 0.3) is 0 Å². The SMILES string of the molecule is COC(=O)C[C@@H](C)CCO. The molecule has 0 aliphatic rings. The van der Waals surface area contributed by atoms with Gasteiger partial charge in [0.05, 0.1) is 7.11 Å². The molecule has 0 fully saturated rings. The summed E-state index contributed by atoms with van der Waals surface area (Å²) in [6, 6.07) is 0. The van der Waals surface area contributed by atoms with E-state index in [1.165, 1.54) is 7.11 Å². The van der Waals surface area contributed by atoms with Crippen molar-refractivity contribution in [1.82, 2.24) is 0 Å². The van der Waals surface area contributed by atoms with Gasteiger partial charge >= 0.3 is 5.97 Å². The number of aliphatic hydroxyl groups excluding tert-OH is 1. The monoisotopic (exact) mass is 146 g/mol. The third-order valence-corrected chi connectivity index (χ3v) is 1.36. The summed E-state index contributed by atoms with van der Waals surface area (Å²) in [5, 5.41) is 8.47. The Kier molecular flexibility index (Phi) is 4.94. The van der Waals surface area contributed by atoms with Gasteiger partial charge in [-0.2, -0.15) is 0 Å². The van der Waals surface area contributed by atoms with E-state index in [4.69, 9.17) is 5.11 Å². The summed E-state index contributed by atoms with van der Waals surface area (Å²) in [5.74, 6) is 0.0124. The van der Waals surface area contributed by atoms with Gasteiger partial charge in [0.2, 0.25) is 0 Å². The lowest BCUT2D eigenvalue weighted by Crippen LogP contribution is -2.08. The molecule has 0 spiro atoms. The number of methoxy groups -OCH3 is 1. The van der Waals surface area contributed by atoms with Gasteiger partial charge in [0, 0.05) is 13.0 Å². The molecule has 0 aromatic rings. The van der Waals surface area contributed by atoms with E-state index >= 15 is 0 Å². The van der Waals surface area contributed by atoms with Crippen LogP contribution in [-0.2, 0) is 9.53 Å². The number of aliphatic hydroxyl groups is 1. The second kappa shape index (κ2) is 5.23. The second-order valence-electron chi connectivity index (χ2n) is 2.40. The quantitative estimate of drug-likeness (QED) is 0.590. The molecule has 60 valence electrons. The molecule has 0 aromatic heterocycles. The molecule has 0 unspecified atom stereocenters. The first-order valence-corrected chi connectivity index (χ1v) is 3.38. The van der Waals surface area contributed by atoms with E-state index in [1.807, 2.05) is 6.92 Å². The number of rotatable bonds is 4. The van der Waals surface area contributed by atoms with Crippen molar-refractivity contribution in [2.45, 2.75) is 19.8 Å². The maximum Gasteiger partial charge on any atom is 0.305 e. The Hall–Kier alpha value is -0.570. The van der Waals surface area contributed by atoms with Crippen molar-refractivity contribution in [1.29, 1.82) is 0 Å². The van der Waals surface area contributed by atoms with Crippen molar-refractivity contribution < 1.29 is 14.6 Å². The first-order chi connectivity index (χ1) is 4.70. The van der Waals surface area contributed by atoms with Crippen LogP contribution in [-0.4, -0.2) is 24.8 Å². The number of hydrogen-bond donors (Lipinski definition) is 1. The van der Waals surface area contributed by atoms with E-state index in [1.54, 1.807) is 0 Å². The van der Waals surface area contributed by atoms with Crippen LogP contribution in [0.25, 0.3) is 0 Å². The third-order valence-electron chi connectivity index (χ3n) is 1.36. The summed E-state index contributed by atoms with van der Waals surface area (Å²) in [6.45, 7) is 2.05. The van der Waals surface area contributed by atoms with Crippen LogP contribution in [0.1, 0.15) is 19.8 Å². The molecule has 1 N–H and O–H groups in total. The lowest BCUT2D eigenvalue weighted by molar-refractivity contribution is -0.141. The fourth-order valence-corrected chi connectivity index (χ4v) is 0.690. The fraction of sp³-hybridized carbons (Fsp3) is 0.857. The molecule has 0 heterocycles. The first kappa shape index (κ1) is 9.43. The minimum absolute atomic E-state index is 0.137. The summed E-state index contributed by atoms with van der Waals surface area (Å²) in [6.07, 6.45) is 1.06. The molecule has 0 saturated carbocycles. The van der Waals surface area contributed by atoms with E-state index in [0.717, 1.165) is 0 Å². The molecular weight excluding hydrogens is 132 g/mol. The largest absolute Gasteiger partial charge is 0.469 e. The van der Waals surface area contributed by atoms with Gasteiger partial charge in [-0.25, -0.2) is 0 Å². The van der Waals surface area contributed by atoms with Gasteiger partial charge < -0.3 is 9.84 Å². The smallest absolute Gasteiger partial charge is 0.305 e. The van der Waals surface area contributed by atoms with Crippen LogP contribution in [0.15, 0.2) is 0 Å². The Morgan fingerprint density at radius 3 is 2.70 bits per heavy atom. The van der Waals surface area contributed by atoms with E-state index in [9.17, 15) is 4.79 Å². The standard InChI is InChI=1S/C7H14O3/c1-6(3-4-8)5-7(9)10-2/h6,8H,3-5H2,1-2H3/t6-/m0/s1. The second-order valence-corrected chi connectivity index (χ2v) is 2.40. The van der Waals surface area contributed by atoms with Crippen LogP contribution in [0, 0.1) is 5.92 Å². The molecule has 3 nitrogen and oxygen atoms in total. The Morgan fingerprint density at radius 1 is 1.70 bits per heavy atom. The third kappa shape index (κ3) is 4.32. The normalized spacial score (nSPS) is 12.7. The zero-order valence-electron chi connectivity index (χ0n) is 6.46. The molecule has 0 bridgehead atoms. The van der Waals surface area contributed by atoms with Crippen LogP contribution >= 0.6 is 0 Å². The minimum atomic E-state index is -0.207. The Bertz CT molecular complexity index is 101. The number of esters is 1. The maximum absolute atomic E-state index is 10.6. The highest BCUT2D eigenvalue weighted by atomic mass is 16.5. The van der Waals surface area contributed by atoms with Crippen molar-refractivity contribution in [2.75, 3.05) is 13.7 Å². The van der Waals surface area contributed by atoms with Gasteiger partial charge in [-0.15, -0.1) is 0 Å². The molecule has 1 atom stereocenters. The molecule has 0 saturated heterocycles. The topological polar surface area (TPSA) is 46.5 Å². The van der Waals surface area contributed by atoms with Crippen LogP contribution < -0.4 is 0 Å². The van der Waals surface area contributed by atoms with Crippen molar-refractivity contribution in [3.8, 4) is 0 Å². The van der Waals surface area contributed by atoms with Crippen LogP contribution in [0.3, 0.4) is 0 Å². The average molecular weight is 146 g/mol. The highest BCUT2D eigenvalue weighted by molar-refractivity contribution is 5.69. The highest BCUT2D eigenvalue weighted by Crippen LogP contribution is 2.06. The summed E-state index contributed by atoms with van der Waals surface area (Å²) < 4.78 is 4.45. The van der Waals surface area contributed by atoms with Crippen LogP contribution in [0.5, 0.6) is 0 Å². The number of ether oxygens (including phenoxy) is 1. The van der Waals surface area contributed by atoms with Crippen molar-refractivity contribution in [3.63, 3.8) is 0 Å². The number of carbonyl (C=O) groups is 1. The molecule has 0 radical (unpaired) electrons. The number of carbonyl (C=O) groups excluding carboxylic acids is 1. The van der Waals surface area contributed by atoms with E-state index in [2.05, 4.69) is 4.74 Å². The lowest BCUT2D eigenvalue weighted by Gasteiger charge is -2.06. The maximum atomic E-state index is 10.6. The Labute approximate surface area is 61.0 Å². The molecule has 0 amide bonds. The molecular formula is C7H14O3. The van der Waals surface area contributed by atoms with E-state index < -0.39 is 0 Å². The lowest BCUT2D eigenvalue weighted by atomic mass is 10.1. The predicted octanol–water partition coefficient (Wildman–Crippen LogP) is 0.568. The average Bonchev–Trinajstić information content (AvgIpc) is 1.88. The zero-order chi connectivity index (χ0) is 7.98. The summed E-state index contributed by atoms with van der Waals surface area (Å²) in [5.41, 5.74) is 0.